The van der Waals surface area contributed by atoms with Crippen LogP contribution in [0.5, 0.6) is 0 Å². The van der Waals surface area contributed by atoms with E-state index in [1.54, 1.807) is 0 Å². The van der Waals surface area contributed by atoms with Crippen molar-refractivity contribution in [2.24, 2.45) is 5.92 Å². The zero-order valence-electron chi connectivity index (χ0n) is 20.1. The Kier molecular flexibility index (Phi) is 7.13. The summed E-state index contributed by atoms with van der Waals surface area (Å²) < 4.78 is 2.33. The number of aromatic nitrogens is 3. The molecule has 2 aliphatic rings. The Labute approximate surface area is 201 Å². The van der Waals surface area contributed by atoms with Gasteiger partial charge in [-0.15, -0.1) is 0 Å². The summed E-state index contributed by atoms with van der Waals surface area (Å²) in [6.45, 7) is 3.70. The first kappa shape index (κ1) is 23.3. The van der Waals surface area contributed by atoms with Gasteiger partial charge < -0.3 is 25.4 Å². The molecular formula is C27H37N5O2. The van der Waals surface area contributed by atoms with Gasteiger partial charge in [0.15, 0.2) is 0 Å². The second-order valence-corrected chi connectivity index (χ2v) is 10.2. The molecule has 3 aromatic rings. The van der Waals surface area contributed by atoms with Crippen LogP contribution in [0.15, 0.2) is 36.7 Å². The molecule has 7 nitrogen and oxygen atoms in total. The van der Waals surface area contributed by atoms with Crippen molar-refractivity contribution in [2.75, 3.05) is 18.5 Å². The monoisotopic (exact) mass is 463 g/mol. The molecule has 2 aromatic heterocycles. The van der Waals surface area contributed by atoms with Crippen molar-refractivity contribution in [3.05, 3.63) is 42.2 Å². The van der Waals surface area contributed by atoms with Crippen molar-refractivity contribution < 1.29 is 10.2 Å². The van der Waals surface area contributed by atoms with Gasteiger partial charge in [-0.1, -0.05) is 37.1 Å². The summed E-state index contributed by atoms with van der Waals surface area (Å²) >= 11 is 0. The van der Waals surface area contributed by atoms with E-state index in [4.69, 9.17) is 10.1 Å². The van der Waals surface area contributed by atoms with E-state index in [-0.39, 0.29) is 12.7 Å². The maximum absolute atomic E-state index is 10.0. The summed E-state index contributed by atoms with van der Waals surface area (Å²) in [5.74, 6) is 1.56. The highest BCUT2D eigenvalue weighted by Gasteiger charge is 2.26. The summed E-state index contributed by atoms with van der Waals surface area (Å²) in [5, 5.41) is 26.8. The van der Waals surface area contributed by atoms with Gasteiger partial charge in [-0.25, -0.2) is 4.98 Å². The average molecular weight is 464 g/mol. The van der Waals surface area contributed by atoms with Crippen LogP contribution in [0, 0.1) is 5.92 Å². The van der Waals surface area contributed by atoms with Crippen LogP contribution in [0.1, 0.15) is 63.5 Å². The number of rotatable bonds is 10. The largest absolute Gasteiger partial charge is 0.395 e. The van der Waals surface area contributed by atoms with E-state index in [9.17, 15) is 5.11 Å². The molecule has 0 spiro atoms. The smallest absolute Gasteiger partial charge is 0.224 e. The second kappa shape index (κ2) is 10.4. The summed E-state index contributed by atoms with van der Waals surface area (Å²) in [6, 6.07) is 9.29. The van der Waals surface area contributed by atoms with Crippen molar-refractivity contribution in [1.82, 2.24) is 19.9 Å². The minimum atomic E-state index is -0.181. The number of nitrogens with zero attached hydrogens (tertiary/aromatic N) is 3. The Morgan fingerprint density at radius 3 is 2.56 bits per heavy atom. The Morgan fingerprint density at radius 2 is 1.85 bits per heavy atom. The fraction of sp³-hybridized carbons (Fsp3) is 0.556. The number of aliphatic hydroxyl groups is 2. The SMILES string of the molecule is C[C@@H](CC1CC1)Nc1ncc2c(-c3ccc(CNCCO)cc3)cn(C3CCC(O)CC3)c2n1. The maximum atomic E-state index is 10.0. The number of hydrogen-bond donors (Lipinski definition) is 4. The molecule has 0 aliphatic heterocycles. The molecule has 7 heteroatoms. The number of aliphatic hydroxyl groups excluding tert-OH is 2. The molecule has 1 aromatic carbocycles. The topological polar surface area (TPSA) is 95.2 Å². The second-order valence-electron chi connectivity index (χ2n) is 10.2. The minimum Gasteiger partial charge on any atom is -0.395 e. The Morgan fingerprint density at radius 1 is 1.09 bits per heavy atom. The molecule has 2 saturated carbocycles. The average Bonchev–Trinajstić information content (AvgIpc) is 3.58. The predicted molar refractivity (Wildman–Crippen MR) is 136 cm³/mol. The highest BCUT2D eigenvalue weighted by Crippen LogP contribution is 2.37. The first-order valence-electron chi connectivity index (χ1n) is 12.8. The van der Waals surface area contributed by atoms with Crippen molar-refractivity contribution in [3.63, 3.8) is 0 Å². The Balaban J connectivity index is 1.45. The number of anilines is 1. The number of hydrogen-bond acceptors (Lipinski definition) is 6. The standard InChI is InChI=1S/C27H37N5O2/c1-18(14-19-2-3-19)30-27-29-16-24-25(21-6-4-20(5-7-21)15-28-12-13-33)17-32(26(24)31-27)22-8-10-23(34)11-9-22/h4-7,16-19,22-23,28,33-34H,2-3,8-15H2,1H3,(H,29,30,31)/t18-,22?,23?/m0/s1. The summed E-state index contributed by atoms with van der Waals surface area (Å²) in [6.07, 6.45) is 11.5. The fourth-order valence-electron chi connectivity index (χ4n) is 5.19. The molecule has 2 fully saturated rings. The van der Waals surface area contributed by atoms with Crippen molar-refractivity contribution >= 4 is 17.0 Å². The molecule has 0 unspecified atom stereocenters. The van der Waals surface area contributed by atoms with Crippen molar-refractivity contribution in [1.29, 1.82) is 0 Å². The van der Waals surface area contributed by atoms with Gasteiger partial charge >= 0.3 is 0 Å². The van der Waals surface area contributed by atoms with Gasteiger partial charge in [0.25, 0.3) is 0 Å². The molecule has 5 rings (SSSR count). The number of benzene rings is 1. The van der Waals surface area contributed by atoms with Crippen LogP contribution in [-0.2, 0) is 6.54 Å². The third-order valence-electron chi connectivity index (χ3n) is 7.27. The molecule has 34 heavy (non-hydrogen) atoms. The lowest BCUT2D eigenvalue weighted by molar-refractivity contribution is 0.111. The lowest BCUT2D eigenvalue weighted by Crippen LogP contribution is -2.21. The predicted octanol–water partition coefficient (Wildman–Crippen LogP) is 4.26. The first-order chi connectivity index (χ1) is 16.6. The van der Waals surface area contributed by atoms with E-state index in [2.05, 4.69) is 57.6 Å². The van der Waals surface area contributed by atoms with Crippen LogP contribution >= 0.6 is 0 Å². The lowest BCUT2D eigenvalue weighted by atomic mass is 9.93. The minimum absolute atomic E-state index is 0.145. The molecule has 0 amide bonds. The normalized spacial score (nSPS) is 21.6. The third kappa shape index (κ3) is 5.43. The molecule has 182 valence electrons. The Hall–Kier alpha value is -2.48. The summed E-state index contributed by atoms with van der Waals surface area (Å²) in [4.78, 5) is 9.68. The molecule has 4 N–H and O–H groups in total. The summed E-state index contributed by atoms with van der Waals surface area (Å²) in [7, 11) is 0. The van der Waals surface area contributed by atoms with Crippen LogP contribution in [0.3, 0.4) is 0 Å². The molecule has 1 atom stereocenters. The van der Waals surface area contributed by atoms with E-state index >= 15 is 0 Å². The third-order valence-corrected chi connectivity index (χ3v) is 7.27. The summed E-state index contributed by atoms with van der Waals surface area (Å²) in [5.41, 5.74) is 4.46. The van der Waals surface area contributed by atoms with E-state index < -0.39 is 0 Å². The lowest BCUT2D eigenvalue weighted by Gasteiger charge is -2.27. The van der Waals surface area contributed by atoms with Gasteiger partial charge in [0.2, 0.25) is 5.95 Å². The first-order valence-corrected chi connectivity index (χ1v) is 12.8. The van der Waals surface area contributed by atoms with Crippen molar-refractivity contribution in [2.45, 2.75) is 76.6 Å². The van der Waals surface area contributed by atoms with E-state index in [1.165, 1.54) is 24.8 Å². The zero-order chi connectivity index (χ0) is 23.5. The van der Waals surface area contributed by atoms with Gasteiger partial charge in [0, 0.05) is 48.5 Å². The van der Waals surface area contributed by atoms with Gasteiger partial charge in [-0.2, -0.15) is 4.98 Å². The fourth-order valence-corrected chi connectivity index (χ4v) is 5.19. The number of nitrogens with one attached hydrogen (secondary N) is 2. The van der Waals surface area contributed by atoms with Crippen LogP contribution in [0.25, 0.3) is 22.2 Å². The maximum Gasteiger partial charge on any atom is 0.224 e. The van der Waals surface area contributed by atoms with Crippen LogP contribution in [0.2, 0.25) is 0 Å². The molecule has 0 radical (unpaired) electrons. The van der Waals surface area contributed by atoms with Crippen LogP contribution < -0.4 is 10.6 Å². The van der Waals surface area contributed by atoms with Gasteiger partial charge in [-0.05, 0) is 56.1 Å². The highest BCUT2D eigenvalue weighted by atomic mass is 16.3. The molecule has 2 aliphatic carbocycles. The van der Waals surface area contributed by atoms with E-state index in [0.717, 1.165) is 60.3 Å². The zero-order valence-corrected chi connectivity index (χ0v) is 20.1. The molecular weight excluding hydrogens is 426 g/mol. The van der Waals surface area contributed by atoms with E-state index in [0.29, 0.717) is 24.6 Å². The highest BCUT2D eigenvalue weighted by molar-refractivity contribution is 5.94. The molecule has 0 bridgehead atoms. The van der Waals surface area contributed by atoms with Gasteiger partial charge in [0.05, 0.1) is 12.7 Å². The van der Waals surface area contributed by atoms with Crippen LogP contribution in [0.4, 0.5) is 5.95 Å². The van der Waals surface area contributed by atoms with Crippen molar-refractivity contribution in [3.8, 4) is 11.1 Å². The van der Waals surface area contributed by atoms with E-state index in [1.807, 2.05) is 6.20 Å². The van der Waals surface area contributed by atoms with Gasteiger partial charge in [0.1, 0.15) is 5.65 Å². The molecule has 0 saturated heterocycles. The Bertz CT molecular complexity index is 1080. The van der Waals surface area contributed by atoms with Gasteiger partial charge in [-0.3, -0.25) is 0 Å². The quantitative estimate of drug-likeness (QED) is 0.336. The number of fused-ring (bicyclic) bond motifs is 1. The van der Waals surface area contributed by atoms with Crippen LogP contribution in [-0.4, -0.2) is 50.0 Å². The molecule has 2 heterocycles.